The average Bonchev–Trinajstić information content (AvgIpc) is 2.68. The van der Waals surface area contributed by atoms with Crippen molar-refractivity contribution in [2.75, 3.05) is 42.6 Å². The Morgan fingerprint density at radius 2 is 1.76 bits per heavy atom. The van der Waals surface area contributed by atoms with Gasteiger partial charge in [-0.1, -0.05) is 32.0 Å². The summed E-state index contributed by atoms with van der Waals surface area (Å²) in [5, 5.41) is 0. The Morgan fingerprint density at radius 3 is 2.52 bits per heavy atom. The molecule has 0 atom stereocenters. The largest absolute Gasteiger partial charge is 0.378 e. The normalized spacial score (nSPS) is 17.7. The lowest BCUT2D eigenvalue weighted by Crippen LogP contribution is -2.37. The minimum atomic E-state index is 0.577. The molecule has 3 heterocycles. The van der Waals surface area contributed by atoms with Crippen LogP contribution in [-0.2, 0) is 17.7 Å². The molecule has 5 nitrogen and oxygen atoms in total. The SMILES string of the molecule is CC(C)c1cccc2c1CCN(c1cc(N3CCOCC3)ncn1)C2. The molecule has 0 radical (unpaired) electrons. The van der Waals surface area contributed by atoms with Crippen LogP contribution in [0, 0.1) is 0 Å². The summed E-state index contributed by atoms with van der Waals surface area (Å²) in [5.41, 5.74) is 4.47. The predicted octanol–water partition coefficient (Wildman–Crippen LogP) is 3.00. The molecule has 25 heavy (non-hydrogen) atoms. The van der Waals surface area contributed by atoms with E-state index < -0.39 is 0 Å². The summed E-state index contributed by atoms with van der Waals surface area (Å²) < 4.78 is 5.44. The zero-order valence-electron chi connectivity index (χ0n) is 15.1. The third-order valence-electron chi connectivity index (χ3n) is 5.22. The summed E-state index contributed by atoms with van der Waals surface area (Å²) in [5.74, 6) is 2.61. The molecule has 132 valence electrons. The fourth-order valence-corrected chi connectivity index (χ4v) is 3.85. The standard InChI is InChI=1S/C20H26N4O/c1-15(2)17-5-3-4-16-13-24(7-6-18(16)17)20-12-19(21-14-22-20)23-8-10-25-11-9-23/h3-5,12,14-15H,6-11,13H2,1-2H3. The van der Waals surface area contributed by atoms with Gasteiger partial charge in [-0.2, -0.15) is 0 Å². The Morgan fingerprint density at radius 1 is 1.00 bits per heavy atom. The maximum Gasteiger partial charge on any atom is 0.134 e. The number of hydrogen-bond acceptors (Lipinski definition) is 5. The number of fused-ring (bicyclic) bond motifs is 1. The third kappa shape index (κ3) is 3.33. The minimum Gasteiger partial charge on any atom is -0.378 e. The fourth-order valence-electron chi connectivity index (χ4n) is 3.85. The molecular formula is C20H26N4O. The number of nitrogens with zero attached hydrogens (tertiary/aromatic N) is 4. The van der Waals surface area contributed by atoms with E-state index in [0.29, 0.717) is 5.92 Å². The molecule has 0 amide bonds. The molecule has 1 fully saturated rings. The van der Waals surface area contributed by atoms with Crippen LogP contribution in [0.15, 0.2) is 30.6 Å². The molecule has 1 saturated heterocycles. The Labute approximate surface area is 149 Å². The maximum absolute atomic E-state index is 5.44. The monoisotopic (exact) mass is 338 g/mol. The molecular weight excluding hydrogens is 312 g/mol. The first-order valence-corrected chi connectivity index (χ1v) is 9.22. The van der Waals surface area contributed by atoms with E-state index in [4.69, 9.17) is 4.74 Å². The van der Waals surface area contributed by atoms with Gasteiger partial charge in [0, 0.05) is 32.2 Å². The number of anilines is 2. The summed E-state index contributed by atoms with van der Waals surface area (Å²) in [6.07, 6.45) is 2.78. The van der Waals surface area contributed by atoms with Crippen molar-refractivity contribution in [3.8, 4) is 0 Å². The summed E-state index contributed by atoms with van der Waals surface area (Å²) in [7, 11) is 0. The van der Waals surface area contributed by atoms with Crippen LogP contribution >= 0.6 is 0 Å². The molecule has 0 N–H and O–H groups in total. The van der Waals surface area contributed by atoms with Gasteiger partial charge in [0.25, 0.3) is 0 Å². The second-order valence-corrected chi connectivity index (χ2v) is 7.14. The quantitative estimate of drug-likeness (QED) is 0.860. The summed E-state index contributed by atoms with van der Waals surface area (Å²) >= 11 is 0. The van der Waals surface area contributed by atoms with Crippen molar-refractivity contribution in [1.29, 1.82) is 0 Å². The van der Waals surface area contributed by atoms with E-state index in [1.54, 1.807) is 6.33 Å². The third-order valence-corrected chi connectivity index (χ3v) is 5.22. The lowest BCUT2D eigenvalue weighted by molar-refractivity contribution is 0.122. The Kier molecular flexibility index (Phi) is 4.57. The van der Waals surface area contributed by atoms with Gasteiger partial charge in [-0.3, -0.25) is 0 Å². The second kappa shape index (κ2) is 7.00. The molecule has 0 saturated carbocycles. The van der Waals surface area contributed by atoms with Gasteiger partial charge in [0.2, 0.25) is 0 Å². The summed E-state index contributed by atoms with van der Waals surface area (Å²) in [6.45, 7) is 9.84. The first-order chi connectivity index (χ1) is 12.2. The topological polar surface area (TPSA) is 41.5 Å². The predicted molar refractivity (Wildman–Crippen MR) is 100 cm³/mol. The van der Waals surface area contributed by atoms with Gasteiger partial charge in [0.1, 0.15) is 18.0 Å². The van der Waals surface area contributed by atoms with E-state index in [1.165, 1.54) is 16.7 Å². The zero-order valence-corrected chi connectivity index (χ0v) is 15.1. The van der Waals surface area contributed by atoms with Crippen molar-refractivity contribution in [1.82, 2.24) is 9.97 Å². The average molecular weight is 338 g/mol. The number of benzene rings is 1. The van der Waals surface area contributed by atoms with E-state index in [1.807, 2.05) is 0 Å². The zero-order chi connectivity index (χ0) is 17.2. The van der Waals surface area contributed by atoms with E-state index >= 15 is 0 Å². The smallest absolute Gasteiger partial charge is 0.134 e. The van der Waals surface area contributed by atoms with Gasteiger partial charge in [0.15, 0.2) is 0 Å². The molecule has 0 aliphatic carbocycles. The first-order valence-electron chi connectivity index (χ1n) is 9.22. The number of morpholine rings is 1. The highest BCUT2D eigenvalue weighted by Gasteiger charge is 2.22. The molecule has 4 rings (SSSR count). The van der Waals surface area contributed by atoms with Crippen LogP contribution in [0.5, 0.6) is 0 Å². The lowest BCUT2D eigenvalue weighted by atomic mass is 9.89. The highest BCUT2D eigenvalue weighted by molar-refractivity contribution is 5.53. The number of ether oxygens (including phenoxy) is 1. The van der Waals surface area contributed by atoms with E-state index in [9.17, 15) is 0 Å². The molecule has 2 aliphatic heterocycles. The van der Waals surface area contributed by atoms with Gasteiger partial charge >= 0.3 is 0 Å². The van der Waals surface area contributed by atoms with Gasteiger partial charge in [-0.15, -0.1) is 0 Å². The van der Waals surface area contributed by atoms with Gasteiger partial charge in [-0.25, -0.2) is 9.97 Å². The lowest BCUT2D eigenvalue weighted by Gasteiger charge is -2.33. The van der Waals surface area contributed by atoms with Crippen LogP contribution in [0.1, 0.15) is 36.5 Å². The second-order valence-electron chi connectivity index (χ2n) is 7.14. The number of aromatic nitrogens is 2. The number of rotatable bonds is 3. The van der Waals surface area contributed by atoms with Gasteiger partial charge in [0.05, 0.1) is 13.2 Å². The molecule has 2 aromatic rings. The molecule has 1 aromatic heterocycles. The van der Waals surface area contributed by atoms with E-state index in [-0.39, 0.29) is 0 Å². The highest BCUT2D eigenvalue weighted by Crippen LogP contribution is 2.30. The molecule has 0 unspecified atom stereocenters. The van der Waals surface area contributed by atoms with Crippen LogP contribution < -0.4 is 9.80 Å². The highest BCUT2D eigenvalue weighted by atomic mass is 16.5. The van der Waals surface area contributed by atoms with Crippen LogP contribution in [0.2, 0.25) is 0 Å². The van der Waals surface area contributed by atoms with Crippen LogP contribution in [0.3, 0.4) is 0 Å². The van der Waals surface area contributed by atoms with Crippen molar-refractivity contribution >= 4 is 11.6 Å². The Hall–Kier alpha value is -2.14. The Balaban J connectivity index is 1.57. The first kappa shape index (κ1) is 16.3. The van der Waals surface area contributed by atoms with E-state index in [2.05, 4.69) is 57.9 Å². The summed E-state index contributed by atoms with van der Waals surface area (Å²) in [4.78, 5) is 13.7. The molecule has 5 heteroatoms. The Bertz CT molecular complexity index is 740. The molecule has 2 aliphatic rings. The van der Waals surface area contributed by atoms with Crippen LogP contribution in [0.4, 0.5) is 11.6 Å². The minimum absolute atomic E-state index is 0.577. The molecule has 0 spiro atoms. The van der Waals surface area contributed by atoms with Crippen molar-refractivity contribution in [2.45, 2.75) is 32.7 Å². The number of hydrogen-bond donors (Lipinski definition) is 0. The van der Waals surface area contributed by atoms with Crippen molar-refractivity contribution in [3.63, 3.8) is 0 Å². The fraction of sp³-hybridized carbons (Fsp3) is 0.500. The van der Waals surface area contributed by atoms with E-state index in [0.717, 1.165) is 57.4 Å². The van der Waals surface area contributed by atoms with Gasteiger partial charge in [-0.05, 0) is 29.0 Å². The van der Waals surface area contributed by atoms with Crippen molar-refractivity contribution in [2.24, 2.45) is 0 Å². The molecule has 0 bridgehead atoms. The maximum atomic E-state index is 5.44. The van der Waals surface area contributed by atoms with Crippen molar-refractivity contribution < 1.29 is 4.74 Å². The summed E-state index contributed by atoms with van der Waals surface area (Å²) in [6, 6.07) is 8.86. The van der Waals surface area contributed by atoms with Crippen molar-refractivity contribution in [3.05, 3.63) is 47.3 Å². The molecule has 1 aromatic carbocycles. The van der Waals surface area contributed by atoms with Gasteiger partial charge < -0.3 is 14.5 Å². The van der Waals surface area contributed by atoms with Crippen LogP contribution in [0.25, 0.3) is 0 Å². The van der Waals surface area contributed by atoms with Crippen LogP contribution in [-0.4, -0.2) is 42.8 Å².